The van der Waals surface area contributed by atoms with Crippen LogP contribution in [0.3, 0.4) is 0 Å². The fraction of sp³-hybridized carbons (Fsp3) is 0.800. The lowest BCUT2D eigenvalue weighted by Crippen LogP contribution is -2.42. The van der Waals surface area contributed by atoms with Crippen LogP contribution in [0, 0.1) is 0 Å². The van der Waals surface area contributed by atoms with Gasteiger partial charge in [0.1, 0.15) is 6.04 Å². The second kappa shape index (κ2) is 2.33. The van der Waals surface area contributed by atoms with Crippen LogP contribution < -0.4 is 11.1 Å². The van der Waals surface area contributed by atoms with E-state index in [2.05, 4.69) is 5.32 Å². The zero-order valence-electron chi connectivity index (χ0n) is 5.00. The molecule has 0 radical (unpaired) electrons. The molecule has 0 unspecified atom stereocenters. The summed E-state index contributed by atoms with van der Waals surface area (Å²) in [5.74, 6) is -0.847. The van der Waals surface area contributed by atoms with Crippen molar-refractivity contribution in [2.24, 2.45) is 5.73 Å². The molecule has 1 saturated heterocycles. The standard InChI is InChI=1S/C5H10N2O2/c6-3-1-2-7-4(3)5(8)9/h3-4,7H,1-2,6H2,(H,8,9)/t3-,4+/m0/s1. The lowest BCUT2D eigenvalue weighted by Gasteiger charge is -2.08. The first-order chi connectivity index (χ1) is 4.22. The van der Waals surface area contributed by atoms with Crippen molar-refractivity contribution in [3.63, 3.8) is 0 Å². The van der Waals surface area contributed by atoms with Gasteiger partial charge in [-0.15, -0.1) is 0 Å². The molecule has 52 valence electrons. The zero-order valence-corrected chi connectivity index (χ0v) is 5.00. The van der Waals surface area contributed by atoms with Gasteiger partial charge in [0.15, 0.2) is 0 Å². The van der Waals surface area contributed by atoms with Crippen molar-refractivity contribution in [3.05, 3.63) is 0 Å². The maximum atomic E-state index is 10.3. The molecule has 1 aliphatic heterocycles. The molecule has 1 heterocycles. The van der Waals surface area contributed by atoms with Crippen molar-refractivity contribution < 1.29 is 9.90 Å². The van der Waals surface area contributed by atoms with Crippen molar-refractivity contribution in [2.45, 2.75) is 18.5 Å². The largest absolute Gasteiger partial charge is 0.480 e. The average Bonchev–Trinajstić information content (AvgIpc) is 2.13. The van der Waals surface area contributed by atoms with Crippen LogP contribution in [0.2, 0.25) is 0 Å². The summed E-state index contributed by atoms with van der Waals surface area (Å²) in [4.78, 5) is 10.3. The molecule has 4 heteroatoms. The van der Waals surface area contributed by atoms with E-state index < -0.39 is 12.0 Å². The highest BCUT2D eigenvalue weighted by Gasteiger charge is 2.28. The number of hydrogen-bond donors (Lipinski definition) is 3. The van der Waals surface area contributed by atoms with E-state index in [4.69, 9.17) is 10.8 Å². The minimum Gasteiger partial charge on any atom is -0.480 e. The van der Waals surface area contributed by atoms with Gasteiger partial charge in [0.25, 0.3) is 0 Å². The topological polar surface area (TPSA) is 75.3 Å². The van der Waals surface area contributed by atoms with Gasteiger partial charge in [-0.1, -0.05) is 0 Å². The van der Waals surface area contributed by atoms with Crippen LogP contribution in [-0.4, -0.2) is 29.7 Å². The molecule has 0 aromatic heterocycles. The zero-order chi connectivity index (χ0) is 6.85. The lowest BCUT2D eigenvalue weighted by molar-refractivity contribution is -0.139. The lowest BCUT2D eigenvalue weighted by atomic mass is 10.1. The number of aliphatic carboxylic acids is 1. The third-order valence-electron chi connectivity index (χ3n) is 1.54. The monoisotopic (exact) mass is 130 g/mol. The van der Waals surface area contributed by atoms with E-state index in [1.54, 1.807) is 0 Å². The highest BCUT2D eigenvalue weighted by molar-refractivity contribution is 5.74. The third-order valence-corrected chi connectivity index (χ3v) is 1.54. The van der Waals surface area contributed by atoms with Gasteiger partial charge in [0.2, 0.25) is 0 Å². The van der Waals surface area contributed by atoms with Gasteiger partial charge >= 0.3 is 5.97 Å². The molecule has 0 aromatic rings. The molecule has 0 aliphatic carbocycles. The van der Waals surface area contributed by atoms with E-state index in [0.29, 0.717) is 0 Å². The Kier molecular flexibility index (Phi) is 1.68. The smallest absolute Gasteiger partial charge is 0.322 e. The first kappa shape index (κ1) is 6.51. The maximum Gasteiger partial charge on any atom is 0.322 e. The van der Waals surface area contributed by atoms with Crippen LogP contribution in [0.15, 0.2) is 0 Å². The van der Waals surface area contributed by atoms with Gasteiger partial charge in [-0.05, 0) is 13.0 Å². The van der Waals surface area contributed by atoms with E-state index in [-0.39, 0.29) is 6.04 Å². The van der Waals surface area contributed by atoms with Crippen molar-refractivity contribution >= 4 is 5.97 Å². The fourth-order valence-corrected chi connectivity index (χ4v) is 0.994. The summed E-state index contributed by atoms with van der Waals surface area (Å²) >= 11 is 0. The summed E-state index contributed by atoms with van der Waals surface area (Å²) in [5, 5.41) is 11.2. The number of nitrogens with two attached hydrogens (primary N) is 1. The number of hydrogen-bond acceptors (Lipinski definition) is 3. The van der Waals surface area contributed by atoms with Crippen molar-refractivity contribution in [3.8, 4) is 0 Å². The second-order valence-corrected chi connectivity index (χ2v) is 2.22. The number of rotatable bonds is 1. The molecule has 4 N–H and O–H groups in total. The predicted molar refractivity (Wildman–Crippen MR) is 32.0 cm³/mol. The van der Waals surface area contributed by atoms with E-state index in [9.17, 15) is 4.79 Å². The summed E-state index contributed by atoms with van der Waals surface area (Å²) in [5.41, 5.74) is 5.44. The van der Waals surface area contributed by atoms with Crippen LogP contribution in [0.25, 0.3) is 0 Å². The Bertz CT molecular complexity index is 126. The number of carboxylic acids is 1. The number of nitrogens with one attached hydrogen (secondary N) is 1. The van der Waals surface area contributed by atoms with Crippen molar-refractivity contribution in [1.29, 1.82) is 0 Å². The molecule has 1 rings (SSSR count). The highest BCUT2D eigenvalue weighted by atomic mass is 16.4. The minimum absolute atomic E-state index is 0.206. The van der Waals surface area contributed by atoms with Gasteiger partial charge in [0, 0.05) is 6.04 Å². The van der Waals surface area contributed by atoms with Crippen LogP contribution in [0.1, 0.15) is 6.42 Å². The SMILES string of the molecule is N[C@H]1CCN[C@H]1C(=O)O. The predicted octanol–water partition coefficient (Wildman–Crippen LogP) is -1.24. The first-order valence-electron chi connectivity index (χ1n) is 2.93. The van der Waals surface area contributed by atoms with Crippen molar-refractivity contribution in [2.75, 3.05) is 6.54 Å². The van der Waals surface area contributed by atoms with Gasteiger partial charge in [-0.2, -0.15) is 0 Å². The summed E-state index contributed by atoms with van der Waals surface area (Å²) in [6.45, 7) is 0.720. The quantitative estimate of drug-likeness (QED) is 0.415. The van der Waals surface area contributed by atoms with Crippen molar-refractivity contribution in [1.82, 2.24) is 5.32 Å². The van der Waals surface area contributed by atoms with E-state index in [0.717, 1.165) is 13.0 Å². The number of carboxylic acid groups (broad SMARTS) is 1. The molecular formula is C5H10N2O2. The Morgan fingerprint density at radius 3 is 2.67 bits per heavy atom. The van der Waals surface area contributed by atoms with Gasteiger partial charge in [-0.25, -0.2) is 0 Å². The first-order valence-corrected chi connectivity index (χ1v) is 2.93. The van der Waals surface area contributed by atoms with E-state index in [1.807, 2.05) is 0 Å². The molecule has 2 atom stereocenters. The molecule has 1 aliphatic rings. The average molecular weight is 130 g/mol. The molecule has 4 nitrogen and oxygen atoms in total. The highest BCUT2D eigenvalue weighted by Crippen LogP contribution is 2.02. The molecular weight excluding hydrogens is 120 g/mol. The molecule has 0 spiro atoms. The minimum atomic E-state index is -0.847. The van der Waals surface area contributed by atoms with Gasteiger partial charge < -0.3 is 16.2 Å². The fourth-order valence-electron chi connectivity index (χ4n) is 0.994. The molecule has 0 amide bonds. The molecule has 1 fully saturated rings. The summed E-state index contributed by atoms with van der Waals surface area (Å²) in [6.07, 6.45) is 0.761. The second-order valence-electron chi connectivity index (χ2n) is 2.22. The van der Waals surface area contributed by atoms with Crippen LogP contribution in [0.5, 0.6) is 0 Å². The molecule has 0 bridgehead atoms. The summed E-state index contributed by atoms with van der Waals surface area (Å²) in [6, 6.07) is -0.729. The maximum absolute atomic E-state index is 10.3. The Labute approximate surface area is 53.0 Å². The van der Waals surface area contributed by atoms with Crippen LogP contribution >= 0.6 is 0 Å². The normalized spacial score (nSPS) is 34.8. The summed E-state index contributed by atoms with van der Waals surface area (Å²) in [7, 11) is 0. The Morgan fingerprint density at radius 2 is 2.44 bits per heavy atom. The van der Waals surface area contributed by atoms with Crippen LogP contribution in [-0.2, 0) is 4.79 Å². The molecule has 0 aromatic carbocycles. The van der Waals surface area contributed by atoms with Gasteiger partial charge in [-0.3, -0.25) is 4.79 Å². The van der Waals surface area contributed by atoms with Gasteiger partial charge in [0.05, 0.1) is 0 Å². The van der Waals surface area contributed by atoms with E-state index in [1.165, 1.54) is 0 Å². The number of carbonyl (C=O) groups is 1. The van der Waals surface area contributed by atoms with E-state index >= 15 is 0 Å². The Balaban J connectivity index is 2.49. The molecule has 9 heavy (non-hydrogen) atoms. The Morgan fingerprint density at radius 1 is 1.78 bits per heavy atom. The third kappa shape index (κ3) is 1.20. The molecule has 0 saturated carbocycles. The Hall–Kier alpha value is -0.610. The summed E-state index contributed by atoms with van der Waals surface area (Å²) < 4.78 is 0. The van der Waals surface area contributed by atoms with Crippen LogP contribution in [0.4, 0.5) is 0 Å².